The predicted molar refractivity (Wildman–Crippen MR) is 72.3 cm³/mol. The molecule has 1 saturated carbocycles. The van der Waals surface area contributed by atoms with Crippen LogP contribution < -0.4 is 5.32 Å². The lowest BCUT2D eigenvalue weighted by Gasteiger charge is -2.23. The number of carbonyl (C=O) groups excluding carboxylic acids is 2. The molecular weight excluding hydrogens is 242 g/mol. The van der Waals surface area contributed by atoms with E-state index in [1.807, 2.05) is 4.90 Å². The number of nitrogens with zero attached hydrogens (tertiary/aromatic N) is 2. The van der Waals surface area contributed by atoms with Crippen LogP contribution in [-0.4, -0.2) is 54.0 Å². The lowest BCUT2D eigenvalue weighted by molar-refractivity contribution is -0.132. The second kappa shape index (κ2) is 5.96. The molecule has 1 N–H and O–H groups in total. The number of carbonyl (C=O) groups is 2. The number of hydrogen-bond acceptors (Lipinski definition) is 2. The van der Waals surface area contributed by atoms with Gasteiger partial charge in [-0.3, -0.25) is 4.79 Å². The van der Waals surface area contributed by atoms with E-state index in [9.17, 15) is 9.59 Å². The first kappa shape index (κ1) is 13.7. The molecule has 0 aromatic carbocycles. The van der Waals surface area contributed by atoms with E-state index in [2.05, 4.69) is 11.2 Å². The zero-order valence-corrected chi connectivity index (χ0v) is 11.4. The van der Waals surface area contributed by atoms with Crippen molar-refractivity contribution < 1.29 is 9.59 Å². The van der Waals surface area contributed by atoms with E-state index in [4.69, 9.17) is 6.42 Å². The van der Waals surface area contributed by atoms with Crippen molar-refractivity contribution in [2.45, 2.75) is 32.2 Å². The van der Waals surface area contributed by atoms with E-state index in [1.165, 1.54) is 0 Å². The average Bonchev–Trinajstić information content (AvgIpc) is 3.23. The van der Waals surface area contributed by atoms with E-state index >= 15 is 0 Å². The SMILES string of the molecule is C#CC(C)NC(=O)N1CCCN(C(=O)C2CC2)CC1. The van der Waals surface area contributed by atoms with Crippen molar-refractivity contribution in [3.8, 4) is 12.3 Å². The maximum absolute atomic E-state index is 12.0. The third kappa shape index (κ3) is 3.63. The summed E-state index contributed by atoms with van der Waals surface area (Å²) >= 11 is 0. The Kier molecular flexibility index (Phi) is 4.31. The van der Waals surface area contributed by atoms with Crippen molar-refractivity contribution >= 4 is 11.9 Å². The molecule has 104 valence electrons. The van der Waals surface area contributed by atoms with Crippen LogP contribution in [0.5, 0.6) is 0 Å². The molecule has 2 rings (SSSR count). The van der Waals surface area contributed by atoms with Gasteiger partial charge in [-0.15, -0.1) is 6.42 Å². The van der Waals surface area contributed by atoms with Gasteiger partial charge >= 0.3 is 6.03 Å². The van der Waals surface area contributed by atoms with Gasteiger partial charge in [0.15, 0.2) is 0 Å². The number of terminal acetylenes is 1. The Morgan fingerprint density at radius 1 is 1.21 bits per heavy atom. The highest BCUT2D eigenvalue weighted by Crippen LogP contribution is 2.31. The first-order chi connectivity index (χ1) is 9.11. The van der Waals surface area contributed by atoms with E-state index in [0.29, 0.717) is 19.6 Å². The summed E-state index contributed by atoms with van der Waals surface area (Å²) in [5.74, 6) is 2.99. The second-order valence-electron chi connectivity index (χ2n) is 5.28. The fourth-order valence-electron chi connectivity index (χ4n) is 2.25. The van der Waals surface area contributed by atoms with Crippen molar-refractivity contribution in [1.29, 1.82) is 0 Å². The summed E-state index contributed by atoms with van der Waals surface area (Å²) in [7, 11) is 0. The second-order valence-corrected chi connectivity index (χ2v) is 5.28. The minimum absolute atomic E-state index is 0.133. The summed E-state index contributed by atoms with van der Waals surface area (Å²) < 4.78 is 0. The first-order valence-corrected chi connectivity index (χ1v) is 6.92. The lowest BCUT2D eigenvalue weighted by Crippen LogP contribution is -2.45. The standard InChI is InChI=1S/C14H21N3O2/c1-3-11(2)15-14(19)17-8-4-7-16(9-10-17)13(18)12-5-6-12/h1,11-12H,4-10H2,2H3,(H,15,19). The summed E-state index contributed by atoms with van der Waals surface area (Å²) in [6, 6.07) is -0.397. The normalized spacial score (nSPS) is 21.3. The molecule has 1 heterocycles. The smallest absolute Gasteiger partial charge is 0.318 e. The fourth-order valence-corrected chi connectivity index (χ4v) is 2.25. The number of hydrogen-bond donors (Lipinski definition) is 1. The van der Waals surface area contributed by atoms with Gasteiger partial charge in [0.25, 0.3) is 0 Å². The summed E-state index contributed by atoms with van der Waals surface area (Å²) in [5, 5.41) is 2.75. The maximum atomic E-state index is 12.0. The third-order valence-electron chi connectivity index (χ3n) is 3.61. The summed E-state index contributed by atoms with van der Waals surface area (Å²) in [6.07, 6.45) is 8.13. The Bertz CT molecular complexity index is 398. The van der Waals surface area contributed by atoms with Crippen molar-refractivity contribution in [2.75, 3.05) is 26.2 Å². The molecule has 2 aliphatic rings. The van der Waals surface area contributed by atoms with Gasteiger partial charge in [-0.2, -0.15) is 0 Å². The largest absolute Gasteiger partial charge is 0.341 e. The molecular formula is C14H21N3O2. The van der Waals surface area contributed by atoms with Gasteiger partial charge in [0.05, 0.1) is 6.04 Å². The van der Waals surface area contributed by atoms with Gasteiger partial charge in [0, 0.05) is 32.1 Å². The van der Waals surface area contributed by atoms with Crippen LogP contribution in [0.4, 0.5) is 4.79 Å². The number of amides is 3. The first-order valence-electron chi connectivity index (χ1n) is 6.92. The van der Waals surface area contributed by atoms with E-state index < -0.39 is 0 Å². The molecule has 2 fully saturated rings. The molecule has 0 spiro atoms. The van der Waals surface area contributed by atoms with Gasteiger partial charge in [-0.1, -0.05) is 5.92 Å². The molecule has 1 atom stereocenters. The Morgan fingerprint density at radius 2 is 1.84 bits per heavy atom. The third-order valence-corrected chi connectivity index (χ3v) is 3.61. The summed E-state index contributed by atoms with van der Waals surface area (Å²) in [4.78, 5) is 27.6. The minimum Gasteiger partial charge on any atom is -0.341 e. The quantitative estimate of drug-likeness (QED) is 0.744. The number of nitrogens with one attached hydrogen (secondary N) is 1. The highest BCUT2D eigenvalue weighted by molar-refractivity contribution is 5.81. The van der Waals surface area contributed by atoms with Crippen LogP contribution in [0.15, 0.2) is 0 Å². The van der Waals surface area contributed by atoms with E-state index in [1.54, 1.807) is 11.8 Å². The van der Waals surface area contributed by atoms with Crippen molar-refractivity contribution in [1.82, 2.24) is 15.1 Å². The van der Waals surface area contributed by atoms with Crippen LogP contribution in [0.1, 0.15) is 26.2 Å². The minimum atomic E-state index is -0.264. The lowest BCUT2D eigenvalue weighted by atomic mass is 10.3. The molecule has 0 radical (unpaired) electrons. The fraction of sp³-hybridized carbons (Fsp3) is 0.714. The molecule has 3 amide bonds. The zero-order valence-electron chi connectivity index (χ0n) is 11.4. The maximum Gasteiger partial charge on any atom is 0.318 e. The molecule has 1 saturated heterocycles. The predicted octanol–water partition coefficient (Wildman–Crippen LogP) is 0.662. The molecule has 1 aliphatic carbocycles. The molecule has 0 aromatic heterocycles. The molecule has 0 aromatic rings. The van der Waals surface area contributed by atoms with E-state index in [0.717, 1.165) is 25.8 Å². The van der Waals surface area contributed by atoms with Crippen molar-refractivity contribution in [3.63, 3.8) is 0 Å². The van der Waals surface area contributed by atoms with Gasteiger partial charge in [-0.05, 0) is 26.2 Å². The van der Waals surface area contributed by atoms with E-state index in [-0.39, 0.29) is 23.9 Å². The van der Waals surface area contributed by atoms with Gasteiger partial charge in [0.1, 0.15) is 0 Å². The van der Waals surface area contributed by atoms with Crippen LogP contribution in [0, 0.1) is 18.3 Å². The molecule has 5 heteroatoms. The number of urea groups is 1. The molecule has 0 bridgehead atoms. The van der Waals surface area contributed by atoms with Crippen LogP contribution >= 0.6 is 0 Å². The zero-order chi connectivity index (χ0) is 13.8. The molecule has 1 aliphatic heterocycles. The van der Waals surface area contributed by atoms with Gasteiger partial charge in [0.2, 0.25) is 5.91 Å². The van der Waals surface area contributed by atoms with Crippen molar-refractivity contribution in [2.24, 2.45) is 5.92 Å². The molecule has 1 unspecified atom stereocenters. The van der Waals surface area contributed by atoms with Crippen LogP contribution in [0.3, 0.4) is 0 Å². The Morgan fingerprint density at radius 3 is 2.47 bits per heavy atom. The van der Waals surface area contributed by atoms with Crippen molar-refractivity contribution in [3.05, 3.63) is 0 Å². The molecule has 19 heavy (non-hydrogen) atoms. The average molecular weight is 263 g/mol. The number of rotatable bonds is 2. The summed E-state index contributed by atoms with van der Waals surface area (Å²) in [5.41, 5.74) is 0. The Hall–Kier alpha value is -1.70. The highest BCUT2D eigenvalue weighted by Gasteiger charge is 2.34. The van der Waals surface area contributed by atoms with Gasteiger partial charge < -0.3 is 15.1 Å². The monoisotopic (exact) mass is 263 g/mol. The highest BCUT2D eigenvalue weighted by atomic mass is 16.2. The van der Waals surface area contributed by atoms with Crippen LogP contribution in [0.2, 0.25) is 0 Å². The molecule has 5 nitrogen and oxygen atoms in total. The Balaban J connectivity index is 1.84. The Labute approximate surface area is 114 Å². The topological polar surface area (TPSA) is 52.7 Å². The summed E-state index contributed by atoms with van der Waals surface area (Å²) in [6.45, 7) is 4.43. The van der Waals surface area contributed by atoms with Crippen LogP contribution in [-0.2, 0) is 4.79 Å². The van der Waals surface area contributed by atoms with Crippen LogP contribution in [0.25, 0.3) is 0 Å². The van der Waals surface area contributed by atoms with Gasteiger partial charge in [-0.25, -0.2) is 4.79 Å².